The molecule has 2 heterocycles. The van der Waals surface area contributed by atoms with Gasteiger partial charge in [-0.1, -0.05) is 30.3 Å². The molecule has 1 aliphatic rings. The van der Waals surface area contributed by atoms with Crippen LogP contribution in [-0.4, -0.2) is 9.55 Å². The quantitative estimate of drug-likeness (QED) is 0.724. The van der Waals surface area contributed by atoms with Crippen LogP contribution < -0.4 is 10.3 Å². The van der Waals surface area contributed by atoms with Gasteiger partial charge in [-0.3, -0.25) is 9.36 Å². The number of hydrogen-bond donors (Lipinski definition) is 0. The first-order chi connectivity index (χ1) is 10.3. The van der Waals surface area contributed by atoms with Gasteiger partial charge in [-0.05, 0) is 24.3 Å². The third-order valence-corrected chi connectivity index (χ3v) is 3.82. The van der Waals surface area contributed by atoms with E-state index in [0.29, 0.717) is 11.9 Å². The number of nitrogens with zero attached hydrogens (tertiary/aromatic N) is 2. The predicted octanol–water partition coefficient (Wildman–Crippen LogP) is 2.92. The fourth-order valence-electron chi connectivity index (χ4n) is 2.80. The topological polar surface area (TPSA) is 44.1 Å². The van der Waals surface area contributed by atoms with E-state index in [1.807, 2.05) is 54.6 Å². The molecule has 0 bridgehead atoms. The van der Waals surface area contributed by atoms with Crippen molar-refractivity contribution in [1.82, 2.24) is 9.55 Å². The fourth-order valence-corrected chi connectivity index (χ4v) is 2.80. The van der Waals surface area contributed by atoms with Crippen LogP contribution in [0.1, 0.15) is 18.3 Å². The molecule has 1 atom stereocenters. The summed E-state index contributed by atoms with van der Waals surface area (Å²) in [6.45, 7) is 0.656. The lowest BCUT2D eigenvalue weighted by Gasteiger charge is -2.13. The molecule has 1 unspecified atom stereocenters. The molecule has 0 spiro atoms. The third kappa shape index (κ3) is 2.00. The molecule has 0 radical (unpaired) electrons. The second-order valence-corrected chi connectivity index (χ2v) is 5.15. The zero-order chi connectivity index (χ0) is 14.2. The van der Waals surface area contributed by atoms with Gasteiger partial charge in [0.15, 0.2) is 11.9 Å². The standard InChI is InChI=1S/C17H14N2O2/c20-17-13-8-4-5-9-14(13)18-16-15(10-11-19(16)17)21-12-6-2-1-3-7-12/h1-9,15H,10-11H2. The number of para-hydroxylation sites is 2. The molecule has 21 heavy (non-hydrogen) atoms. The molecule has 0 saturated heterocycles. The average molecular weight is 278 g/mol. The number of benzene rings is 2. The lowest BCUT2D eigenvalue weighted by molar-refractivity contribution is 0.203. The maximum atomic E-state index is 12.5. The van der Waals surface area contributed by atoms with Gasteiger partial charge in [-0.25, -0.2) is 4.98 Å². The van der Waals surface area contributed by atoms with Gasteiger partial charge in [-0.15, -0.1) is 0 Å². The summed E-state index contributed by atoms with van der Waals surface area (Å²) in [5.41, 5.74) is 0.757. The molecule has 1 aromatic heterocycles. The Hall–Kier alpha value is -2.62. The molecule has 4 nitrogen and oxygen atoms in total. The molecule has 0 amide bonds. The van der Waals surface area contributed by atoms with Crippen LogP contribution in [0.15, 0.2) is 59.4 Å². The first-order valence-electron chi connectivity index (χ1n) is 7.04. The molecular formula is C17H14N2O2. The smallest absolute Gasteiger partial charge is 0.261 e. The van der Waals surface area contributed by atoms with Crippen molar-refractivity contribution >= 4 is 10.9 Å². The minimum Gasteiger partial charge on any atom is -0.482 e. The van der Waals surface area contributed by atoms with Gasteiger partial charge in [0.05, 0.1) is 10.9 Å². The number of ether oxygens (including phenoxy) is 1. The Balaban J connectivity index is 1.80. The lowest BCUT2D eigenvalue weighted by Crippen LogP contribution is -2.22. The Bertz CT molecular complexity index is 856. The Morgan fingerprint density at radius 3 is 2.67 bits per heavy atom. The van der Waals surface area contributed by atoms with Crippen LogP contribution in [0.5, 0.6) is 5.75 Å². The van der Waals surface area contributed by atoms with Crippen molar-refractivity contribution in [2.75, 3.05) is 0 Å². The summed E-state index contributed by atoms with van der Waals surface area (Å²) in [5.74, 6) is 1.53. The van der Waals surface area contributed by atoms with E-state index in [-0.39, 0.29) is 11.7 Å². The number of hydrogen-bond acceptors (Lipinski definition) is 3. The van der Waals surface area contributed by atoms with Crippen molar-refractivity contribution in [3.8, 4) is 5.75 Å². The normalized spacial score (nSPS) is 16.9. The first-order valence-corrected chi connectivity index (χ1v) is 7.04. The van der Waals surface area contributed by atoms with E-state index in [1.54, 1.807) is 4.57 Å². The summed E-state index contributed by atoms with van der Waals surface area (Å²) in [5, 5.41) is 0.668. The van der Waals surface area contributed by atoms with Crippen LogP contribution in [0.2, 0.25) is 0 Å². The van der Waals surface area contributed by atoms with Gasteiger partial charge in [-0.2, -0.15) is 0 Å². The highest BCUT2D eigenvalue weighted by Crippen LogP contribution is 2.29. The molecule has 0 aliphatic carbocycles. The van der Waals surface area contributed by atoms with Crippen molar-refractivity contribution < 1.29 is 4.74 Å². The summed E-state index contributed by atoms with van der Waals surface area (Å²) < 4.78 is 7.72. The van der Waals surface area contributed by atoms with Crippen molar-refractivity contribution in [2.45, 2.75) is 19.1 Å². The summed E-state index contributed by atoms with van der Waals surface area (Å²) >= 11 is 0. The summed E-state index contributed by atoms with van der Waals surface area (Å²) in [6.07, 6.45) is 0.609. The predicted molar refractivity (Wildman–Crippen MR) is 80.4 cm³/mol. The average Bonchev–Trinajstić information content (AvgIpc) is 2.92. The van der Waals surface area contributed by atoms with Crippen molar-refractivity contribution in [3.05, 3.63) is 70.8 Å². The molecule has 0 fully saturated rings. The van der Waals surface area contributed by atoms with Gasteiger partial charge in [0.25, 0.3) is 5.56 Å². The van der Waals surface area contributed by atoms with Crippen molar-refractivity contribution in [3.63, 3.8) is 0 Å². The summed E-state index contributed by atoms with van der Waals surface area (Å²) in [7, 11) is 0. The van der Waals surface area contributed by atoms with Gasteiger partial charge >= 0.3 is 0 Å². The molecule has 0 saturated carbocycles. The van der Waals surface area contributed by atoms with Gasteiger partial charge in [0, 0.05) is 13.0 Å². The van der Waals surface area contributed by atoms with Gasteiger partial charge < -0.3 is 4.74 Å². The first kappa shape index (κ1) is 12.1. The van der Waals surface area contributed by atoms with E-state index < -0.39 is 0 Å². The zero-order valence-electron chi connectivity index (χ0n) is 11.4. The Kier molecular flexibility index (Phi) is 2.74. The van der Waals surface area contributed by atoms with E-state index in [9.17, 15) is 4.79 Å². The van der Waals surface area contributed by atoms with Crippen molar-refractivity contribution in [1.29, 1.82) is 0 Å². The van der Waals surface area contributed by atoms with Crippen LogP contribution in [0.3, 0.4) is 0 Å². The van der Waals surface area contributed by atoms with Crippen LogP contribution >= 0.6 is 0 Å². The molecule has 4 heteroatoms. The molecule has 1 aliphatic heterocycles. The van der Waals surface area contributed by atoms with E-state index >= 15 is 0 Å². The monoisotopic (exact) mass is 278 g/mol. The Morgan fingerprint density at radius 1 is 1.05 bits per heavy atom. The molecule has 3 aromatic rings. The van der Waals surface area contributed by atoms with E-state index in [1.165, 1.54) is 0 Å². The van der Waals surface area contributed by atoms with Crippen LogP contribution in [0.4, 0.5) is 0 Å². The Morgan fingerprint density at radius 2 is 1.81 bits per heavy atom. The summed E-state index contributed by atoms with van der Waals surface area (Å²) in [4.78, 5) is 17.1. The maximum absolute atomic E-state index is 12.5. The third-order valence-electron chi connectivity index (χ3n) is 3.82. The fraction of sp³-hybridized carbons (Fsp3) is 0.176. The zero-order valence-corrected chi connectivity index (χ0v) is 11.4. The largest absolute Gasteiger partial charge is 0.482 e. The molecule has 4 rings (SSSR count). The highest BCUT2D eigenvalue weighted by atomic mass is 16.5. The minimum atomic E-state index is -0.162. The van der Waals surface area contributed by atoms with E-state index in [2.05, 4.69) is 4.98 Å². The second-order valence-electron chi connectivity index (χ2n) is 5.15. The molecule has 2 aromatic carbocycles. The number of aromatic nitrogens is 2. The van der Waals surface area contributed by atoms with Gasteiger partial charge in [0.1, 0.15) is 5.75 Å². The molecule has 0 N–H and O–H groups in total. The van der Waals surface area contributed by atoms with E-state index in [0.717, 1.165) is 23.5 Å². The minimum absolute atomic E-state index is 0.0229. The Labute approximate surface area is 121 Å². The van der Waals surface area contributed by atoms with Crippen LogP contribution in [-0.2, 0) is 6.54 Å². The second kappa shape index (κ2) is 4.74. The van der Waals surface area contributed by atoms with E-state index in [4.69, 9.17) is 4.74 Å². The SMILES string of the molecule is O=c1c2ccccc2nc2n1CCC2Oc1ccccc1. The number of rotatable bonds is 2. The molecule has 104 valence electrons. The molecular weight excluding hydrogens is 264 g/mol. The summed E-state index contributed by atoms with van der Waals surface area (Å²) in [6, 6.07) is 17.1. The van der Waals surface area contributed by atoms with Crippen LogP contribution in [0.25, 0.3) is 10.9 Å². The lowest BCUT2D eigenvalue weighted by atomic mass is 10.2. The number of fused-ring (bicyclic) bond motifs is 2. The van der Waals surface area contributed by atoms with Crippen molar-refractivity contribution in [2.24, 2.45) is 0 Å². The highest BCUT2D eigenvalue weighted by Gasteiger charge is 2.27. The highest BCUT2D eigenvalue weighted by molar-refractivity contribution is 5.77. The maximum Gasteiger partial charge on any atom is 0.261 e. The van der Waals surface area contributed by atoms with Crippen LogP contribution in [0, 0.1) is 0 Å². The van der Waals surface area contributed by atoms with Gasteiger partial charge in [0.2, 0.25) is 0 Å².